The summed E-state index contributed by atoms with van der Waals surface area (Å²) in [7, 11) is 1.65. The number of nitrogens with zero attached hydrogens (tertiary/aromatic N) is 1. The molecule has 1 amide bonds. The van der Waals surface area contributed by atoms with Gasteiger partial charge in [-0.05, 0) is 30.7 Å². The average molecular weight is 282 g/mol. The van der Waals surface area contributed by atoms with Crippen molar-refractivity contribution in [2.45, 2.75) is 20.0 Å². The number of hydrogen-bond acceptors (Lipinski definition) is 3. The lowest BCUT2D eigenvalue weighted by molar-refractivity contribution is 0.0765. The van der Waals surface area contributed by atoms with Gasteiger partial charge in [-0.3, -0.25) is 4.79 Å². The van der Waals surface area contributed by atoms with E-state index in [0.717, 1.165) is 22.4 Å². The van der Waals surface area contributed by atoms with Crippen LogP contribution in [-0.2, 0) is 13.1 Å². The Morgan fingerprint density at radius 1 is 1.24 bits per heavy atom. The molecule has 3 rings (SSSR count). The minimum absolute atomic E-state index is 0.0286. The molecule has 0 saturated heterocycles. The lowest BCUT2D eigenvalue weighted by Crippen LogP contribution is -2.23. The second-order valence-corrected chi connectivity index (χ2v) is 5.39. The predicted octanol–water partition coefficient (Wildman–Crippen LogP) is 2.74. The third-order valence-corrected chi connectivity index (χ3v) is 3.81. The van der Waals surface area contributed by atoms with E-state index in [1.165, 1.54) is 0 Å². The predicted molar refractivity (Wildman–Crippen MR) is 82.2 cm³/mol. The zero-order chi connectivity index (χ0) is 15.0. The highest BCUT2D eigenvalue weighted by molar-refractivity contribution is 5.99. The van der Waals surface area contributed by atoms with E-state index in [4.69, 9.17) is 10.5 Å². The molecule has 2 aromatic rings. The largest absolute Gasteiger partial charge is 0.496 e. The number of carbonyl (C=O) groups is 1. The first-order valence-electron chi connectivity index (χ1n) is 6.89. The Morgan fingerprint density at radius 3 is 2.81 bits per heavy atom. The highest BCUT2D eigenvalue weighted by atomic mass is 16.5. The summed E-state index contributed by atoms with van der Waals surface area (Å²) in [5, 5.41) is 0. The number of ether oxygens (including phenoxy) is 1. The van der Waals surface area contributed by atoms with Crippen LogP contribution >= 0.6 is 0 Å². The van der Waals surface area contributed by atoms with Gasteiger partial charge >= 0.3 is 0 Å². The smallest absolute Gasteiger partial charge is 0.254 e. The van der Waals surface area contributed by atoms with Crippen molar-refractivity contribution in [2.24, 2.45) is 0 Å². The van der Waals surface area contributed by atoms with Crippen molar-refractivity contribution < 1.29 is 9.53 Å². The molecule has 0 atom stereocenters. The van der Waals surface area contributed by atoms with Crippen LogP contribution in [0.4, 0.5) is 5.69 Å². The van der Waals surface area contributed by atoms with Gasteiger partial charge in [-0.25, -0.2) is 0 Å². The van der Waals surface area contributed by atoms with Gasteiger partial charge in [0.15, 0.2) is 0 Å². The molecule has 4 heteroatoms. The molecule has 0 unspecified atom stereocenters. The van der Waals surface area contributed by atoms with E-state index in [1.54, 1.807) is 13.2 Å². The van der Waals surface area contributed by atoms with E-state index in [9.17, 15) is 4.79 Å². The standard InChI is InChI=1S/C17H18N2O2/c1-11-3-6-16(21-2)13(7-11)10-19-9-12-4-5-14(18)8-15(12)17(19)20/h3-8H,9-10,18H2,1-2H3. The molecule has 0 bridgehead atoms. The Balaban J connectivity index is 1.88. The molecule has 1 aliphatic heterocycles. The van der Waals surface area contributed by atoms with Gasteiger partial charge in [-0.2, -0.15) is 0 Å². The Morgan fingerprint density at radius 2 is 2.05 bits per heavy atom. The molecule has 0 aliphatic carbocycles. The molecule has 21 heavy (non-hydrogen) atoms. The first-order valence-corrected chi connectivity index (χ1v) is 6.89. The number of hydrogen-bond donors (Lipinski definition) is 1. The van der Waals surface area contributed by atoms with Crippen LogP contribution in [0, 0.1) is 6.92 Å². The molecule has 1 aliphatic rings. The van der Waals surface area contributed by atoms with E-state index in [2.05, 4.69) is 6.07 Å². The van der Waals surface area contributed by atoms with Crippen molar-refractivity contribution in [3.63, 3.8) is 0 Å². The molecule has 0 saturated carbocycles. The van der Waals surface area contributed by atoms with Crippen molar-refractivity contribution in [3.05, 3.63) is 58.7 Å². The van der Waals surface area contributed by atoms with E-state index < -0.39 is 0 Å². The molecule has 0 spiro atoms. The normalized spacial score (nSPS) is 13.4. The van der Waals surface area contributed by atoms with Crippen LogP contribution in [0.2, 0.25) is 0 Å². The maximum Gasteiger partial charge on any atom is 0.254 e. The topological polar surface area (TPSA) is 55.6 Å². The quantitative estimate of drug-likeness (QED) is 0.881. The van der Waals surface area contributed by atoms with E-state index >= 15 is 0 Å². The minimum Gasteiger partial charge on any atom is -0.496 e. The number of fused-ring (bicyclic) bond motifs is 1. The summed E-state index contributed by atoms with van der Waals surface area (Å²) in [4.78, 5) is 14.3. The number of nitrogen functional groups attached to an aromatic ring is 1. The van der Waals surface area contributed by atoms with Crippen molar-refractivity contribution in [1.82, 2.24) is 4.90 Å². The van der Waals surface area contributed by atoms with Gasteiger partial charge < -0.3 is 15.4 Å². The summed E-state index contributed by atoms with van der Waals surface area (Å²) in [5.74, 6) is 0.838. The third kappa shape index (κ3) is 2.44. The van der Waals surface area contributed by atoms with Crippen molar-refractivity contribution in [2.75, 3.05) is 12.8 Å². The van der Waals surface area contributed by atoms with Crippen molar-refractivity contribution >= 4 is 11.6 Å². The zero-order valence-electron chi connectivity index (χ0n) is 12.2. The molecule has 0 radical (unpaired) electrons. The SMILES string of the molecule is COc1ccc(C)cc1CN1Cc2ccc(N)cc2C1=O. The fourth-order valence-corrected chi connectivity index (χ4v) is 2.74. The van der Waals surface area contributed by atoms with Gasteiger partial charge in [-0.1, -0.05) is 23.8 Å². The highest BCUT2D eigenvalue weighted by Gasteiger charge is 2.27. The third-order valence-electron chi connectivity index (χ3n) is 3.81. The number of rotatable bonds is 3. The molecule has 0 fully saturated rings. The second-order valence-electron chi connectivity index (χ2n) is 5.39. The van der Waals surface area contributed by atoms with Gasteiger partial charge in [0.05, 0.1) is 7.11 Å². The number of nitrogens with two attached hydrogens (primary N) is 1. The minimum atomic E-state index is 0.0286. The fourth-order valence-electron chi connectivity index (χ4n) is 2.74. The summed E-state index contributed by atoms with van der Waals surface area (Å²) in [6, 6.07) is 11.5. The number of benzene rings is 2. The molecule has 4 nitrogen and oxygen atoms in total. The number of anilines is 1. The molecule has 2 N–H and O–H groups in total. The number of methoxy groups -OCH3 is 1. The van der Waals surface area contributed by atoms with Crippen molar-refractivity contribution in [1.29, 1.82) is 0 Å². The summed E-state index contributed by atoms with van der Waals surface area (Å²) in [5.41, 5.74) is 10.3. The lowest BCUT2D eigenvalue weighted by atomic mass is 10.1. The number of carbonyl (C=O) groups excluding carboxylic acids is 1. The molecular formula is C17H18N2O2. The summed E-state index contributed by atoms with van der Waals surface area (Å²) < 4.78 is 5.38. The van der Waals surface area contributed by atoms with Crippen LogP contribution in [0.25, 0.3) is 0 Å². The summed E-state index contributed by atoms with van der Waals surface area (Å²) >= 11 is 0. The first-order chi connectivity index (χ1) is 10.1. The Labute approximate surface area is 124 Å². The summed E-state index contributed by atoms with van der Waals surface area (Å²) in [6.07, 6.45) is 0. The molecular weight excluding hydrogens is 264 g/mol. The molecule has 108 valence electrons. The van der Waals surface area contributed by atoms with E-state index in [0.29, 0.717) is 24.3 Å². The Kier molecular flexibility index (Phi) is 3.29. The van der Waals surface area contributed by atoms with Gasteiger partial charge in [0, 0.05) is 29.9 Å². The molecule has 1 heterocycles. The maximum absolute atomic E-state index is 12.5. The Bertz CT molecular complexity index is 710. The van der Waals surface area contributed by atoms with Crippen LogP contribution in [0.1, 0.15) is 27.0 Å². The van der Waals surface area contributed by atoms with Crippen LogP contribution < -0.4 is 10.5 Å². The maximum atomic E-state index is 12.5. The van der Waals surface area contributed by atoms with Gasteiger partial charge in [-0.15, -0.1) is 0 Å². The second kappa shape index (κ2) is 5.13. The number of aryl methyl sites for hydroxylation is 1. The van der Waals surface area contributed by atoms with Crippen LogP contribution in [-0.4, -0.2) is 17.9 Å². The zero-order valence-corrected chi connectivity index (χ0v) is 12.2. The average Bonchev–Trinajstić information content (AvgIpc) is 2.76. The van der Waals surface area contributed by atoms with E-state index in [-0.39, 0.29) is 5.91 Å². The van der Waals surface area contributed by atoms with Gasteiger partial charge in [0.25, 0.3) is 5.91 Å². The van der Waals surface area contributed by atoms with Gasteiger partial charge in [0.1, 0.15) is 5.75 Å². The van der Waals surface area contributed by atoms with E-state index in [1.807, 2.05) is 36.1 Å². The molecule has 0 aromatic heterocycles. The van der Waals surface area contributed by atoms with Crippen LogP contribution in [0.3, 0.4) is 0 Å². The highest BCUT2D eigenvalue weighted by Crippen LogP contribution is 2.28. The Hall–Kier alpha value is -2.49. The lowest BCUT2D eigenvalue weighted by Gasteiger charge is -2.18. The monoisotopic (exact) mass is 282 g/mol. The first kappa shape index (κ1) is 13.5. The fraction of sp³-hybridized carbons (Fsp3) is 0.235. The number of amides is 1. The van der Waals surface area contributed by atoms with Crippen LogP contribution in [0.15, 0.2) is 36.4 Å². The van der Waals surface area contributed by atoms with Crippen LogP contribution in [0.5, 0.6) is 5.75 Å². The van der Waals surface area contributed by atoms with Crippen molar-refractivity contribution in [3.8, 4) is 5.75 Å². The van der Waals surface area contributed by atoms with Gasteiger partial charge in [0.2, 0.25) is 0 Å². The molecule has 2 aromatic carbocycles. The summed E-state index contributed by atoms with van der Waals surface area (Å²) in [6.45, 7) is 3.19.